The second-order valence-corrected chi connectivity index (χ2v) is 4.89. The summed E-state index contributed by atoms with van der Waals surface area (Å²) < 4.78 is 0. The number of ketones is 1. The Balaban J connectivity index is 2.60. The molecule has 0 spiro atoms. The van der Waals surface area contributed by atoms with E-state index < -0.39 is 0 Å². The molecule has 0 amide bonds. The molecule has 0 saturated carbocycles. The van der Waals surface area contributed by atoms with Crippen molar-refractivity contribution in [1.82, 2.24) is 0 Å². The number of benzene rings is 1. The molecule has 0 aromatic heterocycles. The van der Waals surface area contributed by atoms with E-state index in [1.54, 1.807) is 0 Å². The summed E-state index contributed by atoms with van der Waals surface area (Å²) in [6, 6.07) is 9.29. The molecule has 0 aliphatic carbocycles. The van der Waals surface area contributed by atoms with Crippen LogP contribution < -0.4 is 0 Å². The molecular formula is C15H20O2. The van der Waals surface area contributed by atoms with Gasteiger partial charge in [0.2, 0.25) is 0 Å². The lowest BCUT2D eigenvalue weighted by Crippen LogP contribution is -2.12. The average molecular weight is 232 g/mol. The fourth-order valence-electron chi connectivity index (χ4n) is 2.07. The second-order valence-electron chi connectivity index (χ2n) is 4.89. The van der Waals surface area contributed by atoms with E-state index in [2.05, 4.69) is 13.8 Å². The summed E-state index contributed by atoms with van der Waals surface area (Å²) in [4.78, 5) is 22.6. The van der Waals surface area contributed by atoms with Crippen LogP contribution in [0, 0.1) is 11.8 Å². The molecular weight excluding hydrogens is 212 g/mol. The molecule has 2 nitrogen and oxygen atoms in total. The van der Waals surface area contributed by atoms with Crippen LogP contribution in [0.15, 0.2) is 30.3 Å². The molecule has 0 aliphatic rings. The van der Waals surface area contributed by atoms with Crippen LogP contribution in [0.4, 0.5) is 0 Å². The standard InChI is InChI=1S/C15H20O2/c1-12(2)10-13(8-9-16)11-15(17)14-6-4-3-5-7-14/h3-7,9,12-13H,8,10-11H2,1-2H3. The van der Waals surface area contributed by atoms with E-state index in [9.17, 15) is 9.59 Å². The number of carbonyl (C=O) groups excluding carboxylic acids is 2. The van der Waals surface area contributed by atoms with Crippen molar-refractivity contribution in [2.24, 2.45) is 11.8 Å². The van der Waals surface area contributed by atoms with Crippen LogP contribution in [0.5, 0.6) is 0 Å². The normalized spacial score (nSPS) is 12.4. The highest BCUT2D eigenvalue weighted by Gasteiger charge is 2.16. The molecule has 1 rings (SSSR count). The average Bonchev–Trinajstić information content (AvgIpc) is 2.29. The lowest BCUT2D eigenvalue weighted by molar-refractivity contribution is -0.108. The zero-order valence-corrected chi connectivity index (χ0v) is 10.6. The first-order valence-electron chi connectivity index (χ1n) is 6.15. The summed E-state index contributed by atoms with van der Waals surface area (Å²) in [6.07, 6.45) is 2.81. The molecule has 92 valence electrons. The zero-order chi connectivity index (χ0) is 12.7. The Kier molecular flexibility index (Phi) is 5.61. The molecule has 17 heavy (non-hydrogen) atoms. The van der Waals surface area contributed by atoms with E-state index in [1.807, 2.05) is 30.3 Å². The second kappa shape index (κ2) is 7.00. The number of Topliss-reactive ketones (excluding diaryl/α,β-unsaturated/α-hetero) is 1. The van der Waals surface area contributed by atoms with Gasteiger partial charge in [0, 0.05) is 18.4 Å². The largest absolute Gasteiger partial charge is 0.303 e. The van der Waals surface area contributed by atoms with Gasteiger partial charge in [-0.3, -0.25) is 4.79 Å². The highest BCUT2D eigenvalue weighted by Crippen LogP contribution is 2.20. The molecule has 0 heterocycles. The van der Waals surface area contributed by atoms with E-state index in [-0.39, 0.29) is 11.7 Å². The van der Waals surface area contributed by atoms with Crippen LogP contribution in [-0.2, 0) is 4.79 Å². The SMILES string of the molecule is CC(C)CC(CC=O)CC(=O)c1ccccc1. The number of hydrogen-bond donors (Lipinski definition) is 0. The van der Waals surface area contributed by atoms with Crippen LogP contribution in [0.25, 0.3) is 0 Å². The van der Waals surface area contributed by atoms with Gasteiger partial charge < -0.3 is 4.79 Å². The van der Waals surface area contributed by atoms with E-state index in [0.29, 0.717) is 18.8 Å². The van der Waals surface area contributed by atoms with Crippen molar-refractivity contribution in [2.45, 2.75) is 33.1 Å². The maximum Gasteiger partial charge on any atom is 0.163 e. The molecule has 0 aliphatic heterocycles. The molecule has 1 aromatic carbocycles. The molecule has 1 unspecified atom stereocenters. The van der Waals surface area contributed by atoms with Crippen molar-refractivity contribution >= 4 is 12.1 Å². The monoisotopic (exact) mass is 232 g/mol. The van der Waals surface area contributed by atoms with Gasteiger partial charge in [-0.2, -0.15) is 0 Å². The summed E-state index contributed by atoms with van der Waals surface area (Å²) >= 11 is 0. The van der Waals surface area contributed by atoms with Crippen LogP contribution in [0.3, 0.4) is 0 Å². The fourth-order valence-corrected chi connectivity index (χ4v) is 2.07. The van der Waals surface area contributed by atoms with Gasteiger partial charge >= 0.3 is 0 Å². The quantitative estimate of drug-likeness (QED) is 0.532. The first-order valence-corrected chi connectivity index (χ1v) is 6.15. The smallest absolute Gasteiger partial charge is 0.163 e. The Morgan fingerprint density at radius 3 is 2.41 bits per heavy atom. The van der Waals surface area contributed by atoms with Gasteiger partial charge in [-0.15, -0.1) is 0 Å². The van der Waals surface area contributed by atoms with Crippen molar-refractivity contribution in [3.05, 3.63) is 35.9 Å². The molecule has 0 bridgehead atoms. The maximum absolute atomic E-state index is 12.0. The molecule has 1 atom stereocenters. The zero-order valence-electron chi connectivity index (χ0n) is 10.6. The Labute approximate surface area is 103 Å². The maximum atomic E-state index is 12.0. The Morgan fingerprint density at radius 2 is 1.88 bits per heavy atom. The number of carbonyl (C=O) groups is 2. The van der Waals surface area contributed by atoms with Crippen LogP contribution in [0.2, 0.25) is 0 Å². The van der Waals surface area contributed by atoms with Crippen LogP contribution in [-0.4, -0.2) is 12.1 Å². The Hall–Kier alpha value is -1.44. The minimum absolute atomic E-state index is 0.137. The first kappa shape index (κ1) is 13.6. The third kappa shape index (κ3) is 4.94. The number of rotatable bonds is 7. The van der Waals surface area contributed by atoms with E-state index >= 15 is 0 Å². The van der Waals surface area contributed by atoms with Gasteiger partial charge in [-0.25, -0.2) is 0 Å². The van der Waals surface area contributed by atoms with Crippen molar-refractivity contribution in [1.29, 1.82) is 0 Å². The predicted molar refractivity (Wildman–Crippen MR) is 69.0 cm³/mol. The fraction of sp³-hybridized carbons (Fsp3) is 0.467. The topological polar surface area (TPSA) is 34.1 Å². The van der Waals surface area contributed by atoms with Gasteiger partial charge in [0.05, 0.1) is 0 Å². The summed E-state index contributed by atoms with van der Waals surface area (Å²) in [5, 5.41) is 0. The third-order valence-corrected chi connectivity index (χ3v) is 2.80. The minimum Gasteiger partial charge on any atom is -0.303 e. The van der Waals surface area contributed by atoms with Crippen molar-refractivity contribution in [2.75, 3.05) is 0 Å². The molecule has 0 N–H and O–H groups in total. The van der Waals surface area contributed by atoms with Gasteiger partial charge in [-0.05, 0) is 18.3 Å². The van der Waals surface area contributed by atoms with Crippen molar-refractivity contribution < 1.29 is 9.59 Å². The number of aldehydes is 1. The third-order valence-electron chi connectivity index (χ3n) is 2.80. The van der Waals surface area contributed by atoms with Crippen LogP contribution in [0.1, 0.15) is 43.5 Å². The Bertz CT molecular complexity index is 354. The highest BCUT2D eigenvalue weighted by atomic mass is 16.1. The predicted octanol–water partition coefficient (Wildman–Crippen LogP) is 3.51. The molecule has 0 saturated heterocycles. The summed E-state index contributed by atoms with van der Waals surface area (Å²) in [7, 11) is 0. The molecule has 1 aromatic rings. The molecule has 0 fully saturated rings. The van der Waals surface area contributed by atoms with E-state index in [0.717, 1.165) is 18.3 Å². The van der Waals surface area contributed by atoms with Gasteiger partial charge in [-0.1, -0.05) is 44.2 Å². The van der Waals surface area contributed by atoms with E-state index in [4.69, 9.17) is 0 Å². The molecule has 2 heteroatoms. The van der Waals surface area contributed by atoms with Crippen molar-refractivity contribution in [3.63, 3.8) is 0 Å². The van der Waals surface area contributed by atoms with Crippen LogP contribution >= 0.6 is 0 Å². The lowest BCUT2D eigenvalue weighted by atomic mass is 9.89. The molecule has 0 radical (unpaired) electrons. The highest BCUT2D eigenvalue weighted by molar-refractivity contribution is 5.96. The summed E-state index contributed by atoms with van der Waals surface area (Å²) in [5.41, 5.74) is 0.743. The lowest BCUT2D eigenvalue weighted by Gasteiger charge is -2.15. The first-order chi connectivity index (χ1) is 8.13. The summed E-state index contributed by atoms with van der Waals surface area (Å²) in [6.45, 7) is 4.23. The van der Waals surface area contributed by atoms with Gasteiger partial charge in [0.25, 0.3) is 0 Å². The van der Waals surface area contributed by atoms with Gasteiger partial charge in [0.1, 0.15) is 6.29 Å². The Morgan fingerprint density at radius 1 is 1.24 bits per heavy atom. The van der Waals surface area contributed by atoms with Crippen molar-refractivity contribution in [3.8, 4) is 0 Å². The summed E-state index contributed by atoms with van der Waals surface area (Å²) in [5.74, 6) is 0.835. The number of hydrogen-bond acceptors (Lipinski definition) is 2. The van der Waals surface area contributed by atoms with E-state index in [1.165, 1.54) is 0 Å². The minimum atomic E-state index is 0.137. The van der Waals surface area contributed by atoms with Gasteiger partial charge in [0.15, 0.2) is 5.78 Å².